The molecular formula is C14H24N4O. The van der Waals surface area contributed by atoms with Gasteiger partial charge in [-0.05, 0) is 37.8 Å². The number of piperidine rings is 1. The summed E-state index contributed by atoms with van der Waals surface area (Å²) in [7, 11) is 0. The fourth-order valence-corrected chi connectivity index (χ4v) is 2.57. The Bertz CT molecular complexity index is 415. The van der Waals surface area contributed by atoms with Crippen molar-refractivity contribution in [1.29, 1.82) is 0 Å². The molecule has 1 fully saturated rings. The Labute approximate surface area is 114 Å². The third-order valence-corrected chi connectivity index (χ3v) is 3.81. The van der Waals surface area contributed by atoms with Crippen molar-refractivity contribution in [3.8, 4) is 0 Å². The molecule has 0 radical (unpaired) electrons. The molecule has 2 rings (SSSR count). The molecule has 0 saturated carbocycles. The van der Waals surface area contributed by atoms with Gasteiger partial charge in [-0.3, -0.25) is 9.48 Å². The molecule has 1 aromatic rings. The van der Waals surface area contributed by atoms with E-state index in [4.69, 9.17) is 0 Å². The lowest BCUT2D eigenvalue weighted by Crippen LogP contribution is -2.49. The van der Waals surface area contributed by atoms with Gasteiger partial charge in [-0.1, -0.05) is 13.3 Å². The highest BCUT2D eigenvalue weighted by molar-refractivity contribution is 5.81. The van der Waals surface area contributed by atoms with Crippen molar-refractivity contribution in [2.45, 2.75) is 45.7 Å². The van der Waals surface area contributed by atoms with Crippen molar-refractivity contribution in [2.75, 3.05) is 13.1 Å². The van der Waals surface area contributed by atoms with Crippen LogP contribution in [0.2, 0.25) is 0 Å². The standard InChI is InChI=1S/C14H24N4O/c1-3-12-4-5-15-13(8-12)14(19)16-6-7-18-10-11(2)9-17-18/h9-10,12-13,15H,3-8H2,1-2H3,(H,16,19). The maximum absolute atomic E-state index is 12.1. The predicted octanol–water partition coefficient (Wildman–Crippen LogP) is 1.09. The van der Waals surface area contributed by atoms with Crippen LogP contribution in [0.3, 0.4) is 0 Å². The number of nitrogens with one attached hydrogen (secondary N) is 2. The van der Waals surface area contributed by atoms with Gasteiger partial charge in [0, 0.05) is 12.7 Å². The van der Waals surface area contributed by atoms with E-state index in [2.05, 4.69) is 22.7 Å². The number of rotatable bonds is 5. The van der Waals surface area contributed by atoms with Crippen LogP contribution in [0.5, 0.6) is 0 Å². The molecule has 5 nitrogen and oxygen atoms in total. The maximum atomic E-state index is 12.1. The third-order valence-electron chi connectivity index (χ3n) is 3.81. The molecule has 5 heteroatoms. The SMILES string of the molecule is CCC1CCNC(C(=O)NCCn2cc(C)cn2)C1. The molecule has 106 valence electrons. The van der Waals surface area contributed by atoms with Crippen LogP contribution in [0, 0.1) is 12.8 Å². The van der Waals surface area contributed by atoms with Gasteiger partial charge in [-0.15, -0.1) is 0 Å². The zero-order valence-corrected chi connectivity index (χ0v) is 11.9. The van der Waals surface area contributed by atoms with Crippen molar-refractivity contribution in [1.82, 2.24) is 20.4 Å². The van der Waals surface area contributed by atoms with E-state index in [0.717, 1.165) is 31.5 Å². The lowest BCUT2D eigenvalue weighted by Gasteiger charge is -2.28. The third kappa shape index (κ3) is 4.06. The Kier molecular flexibility index (Phi) is 4.96. The molecule has 2 heterocycles. The summed E-state index contributed by atoms with van der Waals surface area (Å²) < 4.78 is 1.86. The average Bonchev–Trinajstić information content (AvgIpc) is 2.84. The molecule has 0 aliphatic carbocycles. The topological polar surface area (TPSA) is 59.0 Å². The first-order valence-corrected chi connectivity index (χ1v) is 7.19. The summed E-state index contributed by atoms with van der Waals surface area (Å²) in [5.41, 5.74) is 1.14. The Morgan fingerprint density at radius 3 is 3.16 bits per heavy atom. The molecule has 0 aromatic carbocycles. The predicted molar refractivity (Wildman–Crippen MR) is 74.8 cm³/mol. The van der Waals surface area contributed by atoms with Crippen molar-refractivity contribution in [2.24, 2.45) is 5.92 Å². The fraction of sp³-hybridized carbons (Fsp3) is 0.714. The molecule has 1 amide bonds. The van der Waals surface area contributed by atoms with Crippen LogP contribution in [0.4, 0.5) is 0 Å². The zero-order valence-electron chi connectivity index (χ0n) is 11.9. The second-order valence-electron chi connectivity index (χ2n) is 5.38. The van der Waals surface area contributed by atoms with E-state index >= 15 is 0 Å². The summed E-state index contributed by atoms with van der Waals surface area (Å²) >= 11 is 0. The van der Waals surface area contributed by atoms with Gasteiger partial charge in [-0.2, -0.15) is 5.10 Å². The van der Waals surface area contributed by atoms with Gasteiger partial charge in [0.2, 0.25) is 5.91 Å². The van der Waals surface area contributed by atoms with Crippen LogP contribution in [-0.4, -0.2) is 34.8 Å². The summed E-state index contributed by atoms with van der Waals surface area (Å²) in [6, 6.07) is -0.0157. The normalized spacial score (nSPS) is 23.3. The molecule has 1 aromatic heterocycles. The van der Waals surface area contributed by atoms with Crippen LogP contribution < -0.4 is 10.6 Å². The Morgan fingerprint density at radius 2 is 2.47 bits per heavy atom. The monoisotopic (exact) mass is 264 g/mol. The molecule has 19 heavy (non-hydrogen) atoms. The summed E-state index contributed by atoms with van der Waals surface area (Å²) in [5.74, 6) is 0.813. The first kappa shape index (κ1) is 14.1. The van der Waals surface area contributed by atoms with E-state index in [1.54, 1.807) is 0 Å². The number of aromatic nitrogens is 2. The fourth-order valence-electron chi connectivity index (χ4n) is 2.57. The van der Waals surface area contributed by atoms with E-state index in [-0.39, 0.29) is 11.9 Å². The van der Waals surface area contributed by atoms with E-state index < -0.39 is 0 Å². The minimum atomic E-state index is -0.0157. The smallest absolute Gasteiger partial charge is 0.237 e. The van der Waals surface area contributed by atoms with Crippen molar-refractivity contribution in [3.63, 3.8) is 0 Å². The molecule has 0 spiro atoms. The van der Waals surface area contributed by atoms with Gasteiger partial charge in [0.15, 0.2) is 0 Å². The minimum absolute atomic E-state index is 0.0157. The molecule has 1 aliphatic heterocycles. The largest absolute Gasteiger partial charge is 0.353 e. The Hall–Kier alpha value is -1.36. The number of carbonyl (C=O) groups excluding carboxylic acids is 1. The number of hydrogen-bond acceptors (Lipinski definition) is 3. The van der Waals surface area contributed by atoms with Gasteiger partial charge in [0.05, 0.1) is 18.8 Å². The lowest BCUT2D eigenvalue weighted by atomic mass is 9.90. The summed E-state index contributed by atoms with van der Waals surface area (Å²) in [4.78, 5) is 12.1. The highest BCUT2D eigenvalue weighted by Crippen LogP contribution is 2.19. The van der Waals surface area contributed by atoms with Crippen LogP contribution in [0.25, 0.3) is 0 Å². The van der Waals surface area contributed by atoms with Crippen LogP contribution in [0.15, 0.2) is 12.4 Å². The summed E-state index contributed by atoms with van der Waals surface area (Å²) in [5, 5.41) is 10.5. The van der Waals surface area contributed by atoms with E-state index in [0.29, 0.717) is 12.5 Å². The summed E-state index contributed by atoms with van der Waals surface area (Å²) in [6.07, 6.45) is 7.13. The molecule has 0 bridgehead atoms. The molecule has 1 saturated heterocycles. The van der Waals surface area contributed by atoms with Gasteiger partial charge in [-0.25, -0.2) is 0 Å². The van der Waals surface area contributed by atoms with E-state index in [9.17, 15) is 4.79 Å². The lowest BCUT2D eigenvalue weighted by molar-refractivity contribution is -0.124. The highest BCUT2D eigenvalue weighted by Gasteiger charge is 2.25. The maximum Gasteiger partial charge on any atom is 0.237 e. The second kappa shape index (κ2) is 6.70. The molecule has 2 atom stereocenters. The van der Waals surface area contributed by atoms with E-state index in [1.807, 2.05) is 24.0 Å². The van der Waals surface area contributed by atoms with Crippen molar-refractivity contribution >= 4 is 5.91 Å². The number of carbonyl (C=O) groups is 1. The quantitative estimate of drug-likeness (QED) is 0.837. The Balaban J connectivity index is 1.72. The van der Waals surface area contributed by atoms with Gasteiger partial charge < -0.3 is 10.6 Å². The van der Waals surface area contributed by atoms with Crippen LogP contribution in [-0.2, 0) is 11.3 Å². The first-order valence-electron chi connectivity index (χ1n) is 7.19. The molecular weight excluding hydrogens is 240 g/mol. The number of hydrogen-bond donors (Lipinski definition) is 2. The second-order valence-corrected chi connectivity index (χ2v) is 5.38. The van der Waals surface area contributed by atoms with E-state index in [1.165, 1.54) is 6.42 Å². The van der Waals surface area contributed by atoms with Gasteiger partial charge in [0.1, 0.15) is 0 Å². The Morgan fingerprint density at radius 1 is 1.63 bits per heavy atom. The first-order chi connectivity index (χ1) is 9.19. The number of amides is 1. The van der Waals surface area contributed by atoms with Gasteiger partial charge >= 0.3 is 0 Å². The van der Waals surface area contributed by atoms with Crippen molar-refractivity contribution < 1.29 is 4.79 Å². The van der Waals surface area contributed by atoms with Crippen LogP contribution >= 0.6 is 0 Å². The zero-order chi connectivity index (χ0) is 13.7. The number of nitrogens with zero attached hydrogens (tertiary/aromatic N) is 2. The number of aryl methyl sites for hydroxylation is 1. The molecule has 2 N–H and O–H groups in total. The molecule has 2 unspecified atom stereocenters. The average molecular weight is 264 g/mol. The van der Waals surface area contributed by atoms with Crippen LogP contribution in [0.1, 0.15) is 31.7 Å². The van der Waals surface area contributed by atoms with Gasteiger partial charge in [0.25, 0.3) is 0 Å². The minimum Gasteiger partial charge on any atom is -0.353 e. The summed E-state index contributed by atoms with van der Waals surface area (Å²) in [6.45, 7) is 6.53. The highest BCUT2D eigenvalue weighted by atomic mass is 16.2. The van der Waals surface area contributed by atoms with Crippen molar-refractivity contribution in [3.05, 3.63) is 18.0 Å². The molecule has 1 aliphatic rings.